The van der Waals surface area contributed by atoms with Crippen molar-refractivity contribution < 1.29 is 5.11 Å². The molecule has 0 spiro atoms. The van der Waals surface area contributed by atoms with Crippen molar-refractivity contribution in [3.63, 3.8) is 0 Å². The second-order valence-corrected chi connectivity index (χ2v) is 5.14. The third-order valence-corrected chi connectivity index (χ3v) is 3.72. The quantitative estimate of drug-likeness (QED) is 0.894. The summed E-state index contributed by atoms with van der Waals surface area (Å²) in [5, 5.41) is 12.7. The molecule has 0 bridgehead atoms. The zero-order valence-electron chi connectivity index (χ0n) is 10.2. The summed E-state index contributed by atoms with van der Waals surface area (Å²) in [6, 6.07) is 15.7. The fourth-order valence-electron chi connectivity index (χ4n) is 1.79. The van der Waals surface area contributed by atoms with Gasteiger partial charge in [-0.25, -0.2) is 0 Å². The summed E-state index contributed by atoms with van der Waals surface area (Å²) in [5.41, 5.74) is 2.41. The van der Waals surface area contributed by atoms with Gasteiger partial charge in [0.25, 0.3) is 0 Å². The van der Waals surface area contributed by atoms with Gasteiger partial charge in [0.15, 0.2) is 0 Å². The van der Waals surface area contributed by atoms with E-state index >= 15 is 0 Å². The average molecular weight is 306 g/mol. The Bertz CT molecular complexity index is 510. The van der Waals surface area contributed by atoms with Crippen LogP contribution < -0.4 is 5.32 Å². The van der Waals surface area contributed by atoms with Crippen molar-refractivity contribution in [1.82, 2.24) is 5.32 Å². The van der Waals surface area contributed by atoms with Crippen molar-refractivity contribution in [3.05, 3.63) is 64.1 Å². The smallest absolute Gasteiger partial charge is 0.115 e. The lowest BCUT2D eigenvalue weighted by Gasteiger charge is -2.15. The maximum Gasteiger partial charge on any atom is 0.115 e. The highest BCUT2D eigenvalue weighted by Gasteiger charge is 2.05. The topological polar surface area (TPSA) is 32.3 Å². The van der Waals surface area contributed by atoms with E-state index in [2.05, 4.69) is 34.2 Å². The summed E-state index contributed by atoms with van der Waals surface area (Å²) < 4.78 is 1.12. The van der Waals surface area contributed by atoms with E-state index in [-0.39, 0.29) is 6.04 Å². The Morgan fingerprint density at radius 2 is 1.78 bits per heavy atom. The predicted octanol–water partition coefficient (Wildman–Crippen LogP) is 4.01. The van der Waals surface area contributed by atoms with Crippen molar-refractivity contribution in [3.8, 4) is 5.75 Å². The zero-order chi connectivity index (χ0) is 13.0. The first-order valence-corrected chi connectivity index (χ1v) is 6.72. The number of nitrogens with one attached hydrogen (secondary N) is 1. The first-order chi connectivity index (χ1) is 8.66. The Labute approximate surface area is 116 Å². The van der Waals surface area contributed by atoms with Crippen molar-refractivity contribution in [2.45, 2.75) is 19.5 Å². The predicted molar refractivity (Wildman–Crippen MR) is 77.5 cm³/mol. The molecule has 0 aromatic heterocycles. The van der Waals surface area contributed by atoms with Crippen LogP contribution in [0.4, 0.5) is 0 Å². The second-order valence-electron chi connectivity index (χ2n) is 4.29. The largest absolute Gasteiger partial charge is 0.508 e. The van der Waals surface area contributed by atoms with Gasteiger partial charge in [-0.15, -0.1) is 0 Å². The molecule has 94 valence electrons. The number of halogens is 1. The standard InChI is InChI=1S/C15H16BrNO/c1-11(12-6-8-14(18)9-7-12)17-10-13-4-2-3-5-15(13)16/h2-9,11,17-18H,10H2,1H3. The minimum Gasteiger partial charge on any atom is -0.508 e. The van der Waals surface area contributed by atoms with Crippen LogP contribution in [0.5, 0.6) is 5.75 Å². The van der Waals surface area contributed by atoms with Gasteiger partial charge in [-0.3, -0.25) is 0 Å². The third kappa shape index (κ3) is 3.34. The Morgan fingerprint density at radius 3 is 2.44 bits per heavy atom. The van der Waals surface area contributed by atoms with E-state index < -0.39 is 0 Å². The summed E-state index contributed by atoms with van der Waals surface area (Å²) in [7, 11) is 0. The monoisotopic (exact) mass is 305 g/mol. The molecule has 2 aromatic carbocycles. The maximum absolute atomic E-state index is 9.26. The van der Waals surface area contributed by atoms with Gasteiger partial charge in [-0.1, -0.05) is 46.3 Å². The lowest BCUT2D eigenvalue weighted by molar-refractivity contribution is 0.474. The minimum absolute atomic E-state index is 0.248. The molecular formula is C15H16BrNO. The molecule has 0 saturated heterocycles. The summed E-state index contributed by atoms with van der Waals surface area (Å²) >= 11 is 3.54. The molecular weight excluding hydrogens is 290 g/mol. The van der Waals surface area contributed by atoms with Gasteiger partial charge in [0, 0.05) is 17.1 Å². The molecule has 3 heteroatoms. The summed E-state index contributed by atoms with van der Waals surface area (Å²) in [4.78, 5) is 0. The van der Waals surface area contributed by atoms with Crippen LogP contribution in [0, 0.1) is 0 Å². The Balaban J connectivity index is 1.98. The van der Waals surface area contributed by atoms with Crippen LogP contribution in [0.15, 0.2) is 53.0 Å². The van der Waals surface area contributed by atoms with Crippen LogP contribution in [-0.4, -0.2) is 5.11 Å². The Morgan fingerprint density at radius 1 is 1.11 bits per heavy atom. The number of aromatic hydroxyl groups is 1. The Kier molecular flexibility index (Phi) is 4.39. The number of hydrogen-bond acceptors (Lipinski definition) is 2. The molecule has 2 nitrogen and oxygen atoms in total. The highest BCUT2D eigenvalue weighted by atomic mass is 79.9. The number of benzene rings is 2. The van der Waals surface area contributed by atoms with Crippen molar-refractivity contribution >= 4 is 15.9 Å². The molecule has 2 aromatic rings. The lowest BCUT2D eigenvalue weighted by atomic mass is 10.1. The number of phenols is 1. The van der Waals surface area contributed by atoms with E-state index in [1.54, 1.807) is 12.1 Å². The first-order valence-electron chi connectivity index (χ1n) is 5.92. The van der Waals surface area contributed by atoms with Crippen LogP contribution >= 0.6 is 15.9 Å². The fraction of sp³-hybridized carbons (Fsp3) is 0.200. The third-order valence-electron chi connectivity index (χ3n) is 2.95. The fourth-order valence-corrected chi connectivity index (χ4v) is 2.21. The van der Waals surface area contributed by atoms with Gasteiger partial charge in [0.1, 0.15) is 5.75 Å². The van der Waals surface area contributed by atoms with E-state index in [1.165, 1.54) is 11.1 Å². The Hall–Kier alpha value is -1.32. The molecule has 0 aliphatic carbocycles. The highest BCUT2D eigenvalue weighted by molar-refractivity contribution is 9.10. The molecule has 2 rings (SSSR count). The van der Waals surface area contributed by atoms with Gasteiger partial charge in [-0.05, 0) is 36.2 Å². The van der Waals surface area contributed by atoms with Gasteiger partial charge in [0.2, 0.25) is 0 Å². The molecule has 0 aliphatic heterocycles. The molecule has 2 N–H and O–H groups in total. The molecule has 0 radical (unpaired) electrons. The first kappa shape index (κ1) is 13.1. The summed E-state index contributed by atoms with van der Waals surface area (Å²) in [6.45, 7) is 2.92. The van der Waals surface area contributed by atoms with Crippen LogP contribution in [-0.2, 0) is 6.54 Å². The number of phenolic OH excluding ortho intramolecular Hbond substituents is 1. The van der Waals surface area contributed by atoms with E-state index in [9.17, 15) is 5.11 Å². The van der Waals surface area contributed by atoms with Gasteiger partial charge in [-0.2, -0.15) is 0 Å². The number of rotatable bonds is 4. The molecule has 1 unspecified atom stereocenters. The molecule has 0 heterocycles. The van der Waals surface area contributed by atoms with E-state index in [0.29, 0.717) is 5.75 Å². The summed E-state index contributed by atoms with van der Waals surface area (Å²) in [5.74, 6) is 0.303. The normalized spacial score (nSPS) is 12.3. The van der Waals surface area contributed by atoms with Gasteiger partial charge in [0.05, 0.1) is 0 Å². The zero-order valence-corrected chi connectivity index (χ0v) is 11.8. The van der Waals surface area contributed by atoms with Crippen molar-refractivity contribution in [2.24, 2.45) is 0 Å². The van der Waals surface area contributed by atoms with E-state index in [4.69, 9.17) is 0 Å². The molecule has 0 fully saturated rings. The van der Waals surface area contributed by atoms with Crippen LogP contribution in [0.2, 0.25) is 0 Å². The van der Waals surface area contributed by atoms with Crippen LogP contribution in [0.3, 0.4) is 0 Å². The molecule has 0 saturated carbocycles. The van der Waals surface area contributed by atoms with Crippen LogP contribution in [0.25, 0.3) is 0 Å². The van der Waals surface area contributed by atoms with Crippen molar-refractivity contribution in [2.75, 3.05) is 0 Å². The molecule has 1 atom stereocenters. The molecule has 18 heavy (non-hydrogen) atoms. The maximum atomic E-state index is 9.26. The van der Waals surface area contributed by atoms with Crippen LogP contribution in [0.1, 0.15) is 24.1 Å². The lowest BCUT2D eigenvalue weighted by Crippen LogP contribution is -2.18. The van der Waals surface area contributed by atoms with Gasteiger partial charge >= 0.3 is 0 Å². The SMILES string of the molecule is CC(NCc1ccccc1Br)c1ccc(O)cc1. The van der Waals surface area contributed by atoms with E-state index in [1.807, 2.05) is 30.3 Å². The summed E-state index contributed by atoms with van der Waals surface area (Å²) in [6.07, 6.45) is 0. The average Bonchev–Trinajstić information content (AvgIpc) is 2.38. The highest BCUT2D eigenvalue weighted by Crippen LogP contribution is 2.19. The molecule has 0 amide bonds. The van der Waals surface area contributed by atoms with Gasteiger partial charge < -0.3 is 10.4 Å². The molecule has 0 aliphatic rings. The second kappa shape index (κ2) is 6.03. The van der Waals surface area contributed by atoms with Crippen molar-refractivity contribution in [1.29, 1.82) is 0 Å². The number of hydrogen-bond donors (Lipinski definition) is 2. The minimum atomic E-state index is 0.248. The van der Waals surface area contributed by atoms with E-state index in [0.717, 1.165) is 11.0 Å².